The van der Waals surface area contributed by atoms with Crippen LogP contribution in [0.4, 0.5) is 11.5 Å². The predicted molar refractivity (Wildman–Crippen MR) is 129 cm³/mol. The molecule has 1 amide bonds. The number of ether oxygens (including phenoxy) is 1. The van der Waals surface area contributed by atoms with Gasteiger partial charge in [-0.1, -0.05) is 25.0 Å². The van der Waals surface area contributed by atoms with E-state index in [-0.39, 0.29) is 17.1 Å². The Bertz CT molecular complexity index is 1450. The molecule has 1 aliphatic rings. The van der Waals surface area contributed by atoms with E-state index in [1.54, 1.807) is 30.1 Å². The quantitative estimate of drug-likeness (QED) is 0.397. The predicted octanol–water partition coefficient (Wildman–Crippen LogP) is 3.12. The number of nitrogen functional groups attached to an aromatic ring is 1. The SMILES string of the molecule is COCc1ccc(NC(=O)c2nc(N)c3c(C4(C)CC4)c(C#Cc4cnn(C)c4)[nH]c3n2)cc1. The number of fused-ring (bicyclic) bond motifs is 1. The molecule has 0 spiro atoms. The fourth-order valence-corrected chi connectivity index (χ4v) is 4.02. The molecule has 172 valence electrons. The van der Waals surface area contributed by atoms with Crippen molar-refractivity contribution in [3.8, 4) is 11.8 Å². The van der Waals surface area contributed by atoms with Crippen molar-refractivity contribution in [1.29, 1.82) is 0 Å². The van der Waals surface area contributed by atoms with Crippen LogP contribution in [0.2, 0.25) is 0 Å². The molecule has 9 nitrogen and oxygen atoms in total. The normalized spacial score (nSPS) is 14.0. The minimum Gasteiger partial charge on any atom is -0.383 e. The molecule has 0 bridgehead atoms. The second kappa shape index (κ2) is 8.32. The van der Waals surface area contributed by atoms with Crippen molar-refractivity contribution >= 4 is 28.4 Å². The molecule has 3 heterocycles. The third-order valence-corrected chi connectivity index (χ3v) is 6.05. The first-order valence-electron chi connectivity index (χ1n) is 11.0. The second-order valence-corrected chi connectivity index (χ2v) is 8.83. The molecular formula is C25H25N7O2. The minimum absolute atomic E-state index is 0.00788. The largest absolute Gasteiger partial charge is 0.383 e. The van der Waals surface area contributed by atoms with Gasteiger partial charge in [0.15, 0.2) is 0 Å². The number of nitrogens with two attached hydrogens (primary N) is 1. The van der Waals surface area contributed by atoms with Gasteiger partial charge in [-0.15, -0.1) is 0 Å². The van der Waals surface area contributed by atoms with Gasteiger partial charge in [0.2, 0.25) is 5.82 Å². The Hall–Kier alpha value is -4.16. The minimum atomic E-state index is -0.440. The Labute approximate surface area is 196 Å². The zero-order valence-corrected chi connectivity index (χ0v) is 19.3. The highest BCUT2D eigenvalue weighted by Crippen LogP contribution is 2.51. The molecule has 4 aromatic rings. The summed E-state index contributed by atoms with van der Waals surface area (Å²) in [6, 6.07) is 7.39. The lowest BCUT2D eigenvalue weighted by Crippen LogP contribution is -2.17. The standard InChI is InChI=1S/C25H25N7O2/c1-25(10-11-25)20-18(9-6-16-12-27-32(2)13-16)29-22-19(20)21(26)30-23(31-22)24(33)28-17-7-4-15(5-8-17)14-34-3/h4-5,7-8,12-13H,10-11,14H2,1-3H3,(H,28,33)(H3,26,29,30,31). The van der Waals surface area contributed by atoms with Crippen LogP contribution in [0.3, 0.4) is 0 Å². The number of carbonyl (C=O) groups excluding carboxylic acids is 1. The van der Waals surface area contributed by atoms with Crippen LogP contribution >= 0.6 is 0 Å². The number of nitrogens with zero attached hydrogens (tertiary/aromatic N) is 4. The number of H-pyrrole nitrogens is 1. The number of amides is 1. The third kappa shape index (κ3) is 4.11. The Morgan fingerprint density at radius 1 is 1.26 bits per heavy atom. The smallest absolute Gasteiger partial charge is 0.293 e. The van der Waals surface area contributed by atoms with Crippen LogP contribution in [-0.2, 0) is 23.8 Å². The van der Waals surface area contributed by atoms with E-state index in [1.165, 1.54) is 0 Å². The fourth-order valence-electron chi connectivity index (χ4n) is 4.02. The van der Waals surface area contributed by atoms with Gasteiger partial charge in [-0.25, -0.2) is 9.97 Å². The van der Waals surface area contributed by atoms with Gasteiger partial charge in [-0.3, -0.25) is 9.48 Å². The molecule has 0 saturated heterocycles. The van der Waals surface area contributed by atoms with Gasteiger partial charge >= 0.3 is 0 Å². The lowest BCUT2D eigenvalue weighted by Gasteiger charge is -2.10. The van der Waals surface area contributed by atoms with E-state index >= 15 is 0 Å². The van der Waals surface area contributed by atoms with Crippen LogP contribution in [0, 0.1) is 11.8 Å². The number of aromatic nitrogens is 5. The molecular weight excluding hydrogens is 430 g/mol. The highest BCUT2D eigenvalue weighted by atomic mass is 16.5. The summed E-state index contributed by atoms with van der Waals surface area (Å²) in [5.41, 5.74) is 11.0. The van der Waals surface area contributed by atoms with Crippen LogP contribution in [0.25, 0.3) is 11.0 Å². The molecule has 3 aromatic heterocycles. The number of rotatable bonds is 5. The maximum atomic E-state index is 12.9. The summed E-state index contributed by atoms with van der Waals surface area (Å²) in [5, 5.41) is 7.71. The van der Waals surface area contributed by atoms with E-state index in [1.807, 2.05) is 25.4 Å². The van der Waals surface area contributed by atoms with Crippen molar-refractivity contribution < 1.29 is 9.53 Å². The summed E-state index contributed by atoms with van der Waals surface area (Å²) in [6.45, 7) is 2.68. The average molecular weight is 456 g/mol. The summed E-state index contributed by atoms with van der Waals surface area (Å²) < 4.78 is 6.82. The van der Waals surface area contributed by atoms with Crippen molar-refractivity contribution in [1.82, 2.24) is 24.7 Å². The number of anilines is 2. The number of nitrogens with one attached hydrogen (secondary N) is 2. The van der Waals surface area contributed by atoms with E-state index in [9.17, 15) is 4.79 Å². The van der Waals surface area contributed by atoms with Crippen molar-refractivity contribution in [2.45, 2.75) is 31.8 Å². The van der Waals surface area contributed by atoms with Gasteiger partial charge in [-0.05, 0) is 41.9 Å². The zero-order valence-electron chi connectivity index (χ0n) is 19.3. The maximum Gasteiger partial charge on any atom is 0.293 e. The first-order chi connectivity index (χ1) is 16.4. The van der Waals surface area contributed by atoms with Crippen LogP contribution < -0.4 is 11.1 Å². The molecule has 0 atom stereocenters. The number of benzene rings is 1. The first-order valence-corrected chi connectivity index (χ1v) is 11.0. The summed E-state index contributed by atoms with van der Waals surface area (Å²) in [4.78, 5) is 25.0. The van der Waals surface area contributed by atoms with Gasteiger partial charge in [0, 0.05) is 31.6 Å². The average Bonchev–Trinajstić information content (AvgIpc) is 3.23. The molecule has 4 N–H and O–H groups in total. The third-order valence-electron chi connectivity index (χ3n) is 6.05. The van der Waals surface area contributed by atoms with E-state index < -0.39 is 5.91 Å². The summed E-state index contributed by atoms with van der Waals surface area (Å²) in [7, 11) is 3.49. The number of carbonyl (C=O) groups is 1. The van der Waals surface area contributed by atoms with E-state index in [2.05, 4.69) is 44.1 Å². The molecule has 0 aliphatic heterocycles. The number of methoxy groups -OCH3 is 1. The molecule has 9 heteroatoms. The van der Waals surface area contributed by atoms with Gasteiger partial charge in [0.05, 0.1) is 29.4 Å². The number of hydrogen-bond acceptors (Lipinski definition) is 6. The fraction of sp³-hybridized carbons (Fsp3) is 0.280. The van der Waals surface area contributed by atoms with E-state index in [0.29, 0.717) is 17.9 Å². The van der Waals surface area contributed by atoms with Crippen LogP contribution in [0.5, 0.6) is 0 Å². The van der Waals surface area contributed by atoms with Gasteiger partial charge in [0.25, 0.3) is 5.91 Å². The number of aromatic amines is 1. The summed E-state index contributed by atoms with van der Waals surface area (Å²) >= 11 is 0. The highest BCUT2D eigenvalue weighted by molar-refractivity contribution is 6.04. The summed E-state index contributed by atoms with van der Waals surface area (Å²) in [5.74, 6) is 6.18. The molecule has 34 heavy (non-hydrogen) atoms. The summed E-state index contributed by atoms with van der Waals surface area (Å²) in [6.07, 6.45) is 5.63. The Morgan fingerprint density at radius 2 is 2.03 bits per heavy atom. The van der Waals surface area contributed by atoms with Crippen LogP contribution in [-0.4, -0.2) is 37.7 Å². The Kier molecular flexibility index (Phi) is 5.30. The Morgan fingerprint density at radius 3 is 2.68 bits per heavy atom. The van der Waals surface area contributed by atoms with Crippen molar-refractivity contribution in [2.75, 3.05) is 18.2 Å². The van der Waals surface area contributed by atoms with Crippen molar-refractivity contribution in [3.05, 3.63) is 64.9 Å². The first kappa shape index (κ1) is 21.7. The lowest BCUT2D eigenvalue weighted by molar-refractivity contribution is 0.101. The molecule has 0 radical (unpaired) electrons. The molecule has 1 saturated carbocycles. The maximum absolute atomic E-state index is 12.9. The lowest BCUT2D eigenvalue weighted by atomic mass is 9.95. The zero-order chi connectivity index (χ0) is 23.9. The monoisotopic (exact) mass is 455 g/mol. The van der Waals surface area contributed by atoms with Crippen LogP contribution in [0.1, 0.15) is 52.8 Å². The van der Waals surface area contributed by atoms with E-state index in [0.717, 1.165) is 40.6 Å². The highest BCUT2D eigenvalue weighted by Gasteiger charge is 2.43. The van der Waals surface area contributed by atoms with Gasteiger partial charge in [-0.2, -0.15) is 5.10 Å². The van der Waals surface area contributed by atoms with Gasteiger partial charge < -0.3 is 20.8 Å². The topological polar surface area (TPSA) is 124 Å². The molecule has 1 fully saturated rings. The molecule has 0 unspecified atom stereocenters. The second-order valence-electron chi connectivity index (χ2n) is 8.83. The number of aryl methyl sites for hydroxylation is 1. The van der Waals surface area contributed by atoms with E-state index in [4.69, 9.17) is 10.5 Å². The molecule has 1 aromatic carbocycles. The van der Waals surface area contributed by atoms with Crippen LogP contribution in [0.15, 0.2) is 36.7 Å². The number of hydrogen-bond donors (Lipinski definition) is 3. The van der Waals surface area contributed by atoms with Crippen molar-refractivity contribution in [3.63, 3.8) is 0 Å². The Balaban J connectivity index is 1.50. The molecule has 5 rings (SSSR count). The molecule has 1 aliphatic carbocycles. The van der Waals surface area contributed by atoms with Gasteiger partial charge in [0.1, 0.15) is 11.5 Å². The van der Waals surface area contributed by atoms with Crippen molar-refractivity contribution in [2.24, 2.45) is 7.05 Å².